The third kappa shape index (κ3) is 1.83. The van der Waals surface area contributed by atoms with Gasteiger partial charge in [-0.15, -0.1) is 0 Å². The third-order valence-electron chi connectivity index (χ3n) is 2.88. The average molecular weight is 258 g/mol. The summed E-state index contributed by atoms with van der Waals surface area (Å²) in [6, 6.07) is 6.99. The van der Waals surface area contributed by atoms with Crippen molar-refractivity contribution < 1.29 is 19.4 Å². The van der Waals surface area contributed by atoms with Crippen molar-refractivity contribution in [2.75, 3.05) is 12.5 Å². The first-order chi connectivity index (χ1) is 9.16. The van der Waals surface area contributed by atoms with Crippen LogP contribution < -0.4 is 15.2 Å². The fraction of sp³-hybridized carbons (Fsp3) is 0.0769. The summed E-state index contributed by atoms with van der Waals surface area (Å²) in [7, 11) is 0. The van der Waals surface area contributed by atoms with Crippen LogP contribution in [0.15, 0.2) is 30.5 Å². The Labute approximate surface area is 108 Å². The van der Waals surface area contributed by atoms with Gasteiger partial charge in [0.1, 0.15) is 0 Å². The van der Waals surface area contributed by atoms with Crippen molar-refractivity contribution in [1.29, 1.82) is 0 Å². The number of aromatic nitrogens is 1. The highest BCUT2D eigenvalue weighted by Gasteiger charge is 2.17. The molecule has 96 valence electrons. The number of fused-ring (bicyclic) bond motifs is 1. The van der Waals surface area contributed by atoms with E-state index >= 15 is 0 Å². The summed E-state index contributed by atoms with van der Waals surface area (Å²) in [5.41, 5.74) is 7.18. The van der Waals surface area contributed by atoms with Crippen molar-refractivity contribution in [3.8, 4) is 22.6 Å². The Morgan fingerprint density at radius 1 is 1.26 bits per heavy atom. The van der Waals surface area contributed by atoms with Crippen LogP contribution in [-0.2, 0) is 0 Å². The summed E-state index contributed by atoms with van der Waals surface area (Å²) in [6.45, 7) is 0.186. The number of pyridine rings is 1. The van der Waals surface area contributed by atoms with Gasteiger partial charge in [-0.2, -0.15) is 0 Å². The van der Waals surface area contributed by atoms with Crippen LogP contribution in [0.4, 0.5) is 5.69 Å². The summed E-state index contributed by atoms with van der Waals surface area (Å²) in [5, 5.41) is 9.00. The summed E-state index contributed by atoms with van der Waals surface area (Å²) in [5.74, 6) is 0.125. The molecule has 1 aliphatic heterocycles. The summed E-state index contributed by atoms with van der Waals surface area (Å²) in [6.07, 6.45) is 1.42. The van der Waals surface area contributed by atoms with Gasteiger partial charge in [0, 0.05) is 11.8 Å². The number of carboxylic acid groups (broad SMARTS) is 1. The largest absolute Gasteiger partial charge is 0.476 e. The van der Waals surface area contributed by atoms with Gasteiger partial charge in [-0.05, 0) is 23.8 Å². The molecule has 0 fully saturated rings. The molecule has 0 saturated heterocycles. The van der Waals surface area contributed by atoms with Gasteiger partial charge < -0.3 is 20.3 Å². The second-order valence-electron chi connectivity index (χ2n) is 3.99. The van der Waals surface area contributed by atoms with Gasteiger partial charge in [-0.1, -0.05) is 6.07 Å². The minimum absolute atomic E-state index is 0.133. The van der Waals surface area contributed by atoms with Crippen LogP contribution in [0.3, 0.4) is 0 Å². The van der Waals surface area contributed by atoms with Crippen LogP contribution in [0.25, 0.3) is 11.1 Å². The smallest absolute Gasteiger partial charge is 0.356 e. The molecule has 0 atom stereocenters. The maximum atomic E-state index is 11.0. The van der Waals surface area contributed by atoms with Crippen molar-refractivity contribution >= 4 is 11.7 Å². The Hall–Kier alpha value is -2.76. The summed E-state index contributed by atoms with van der Waals surface area (Å²) >= 11 is 0. The normalized spacial score (nSPS) is 12.4. The molecule has 3 rings (SSSR count). The summed E-state index contributed by atoms with van der Waals surface area (Å²) < 4.78 is 10.5. The molecule has 0 spiro atoms. The SMILES string of the molecule is Nc1c(-c2ccc3c(c2)OCO3)ccnc1C(=O)O. The number of hydrogen-bond donors (Lipinski definition) is 2. The molecule has 0 bridgehead atoms. The second-order valence-corrected chi connectivity index (χ2v) is 3.99. The minimum atomic E-state index is -1.15. The van der Waals surface area contributed by atoms with E-state index in [0.717, 1.165) is 5.56 Å². The van der Waals surface area contributed by atoms with Gasteiger partial charge in [0.05, 0.1) is 5.69 Å². The molecule has 6 heteroatoms. The Balaban J connectivity index is 2.12. The lowest BCUT2D eigenvalue weighted by molar-refractivity contribution is 0.0692. The lowest BCUT2D eigenvalue weighted by atomic mass is 10.0. The van der Waals surface area contributed by atoms with Crippen LogP contribution >= 0.6 is 0 Å². The van der Waals surface area contributed by atoms with E-state index in [-0.39, 0.29) is 18.2 Å². The first kappa shape index (κ1) is 11.3. The number of rotatable bonds is 2. The Morgan fingerprint density at radius 2 is 2.05 bits per heavy atom. The standard InChI is InChI=1S/C13H10N2O4/c14-11-8(3-4-15-12(11)13(16)17)7-1-2-9-10(5-7)19-6-18-9/h1-5H,6,14H2,(H,16,17). The van der Waals surface area contributed by atoms with E-state index in [0.29, 0.717) is 17.1 Å². The average Bonchev–Trinajstić information content (AvgIpc) is 2.85. The first-order valence-corrected chi connectivity index (χ1v) is 5.54. The van der Waals surface area contributed by atoms with Crippen LogP contribution in [0.1, 0.15) is 10.5 Å². The van der Waals surface area contributed by atoms with Crippen LogP contribution in [0.2, 0.25) is 0 Å². The number of carbonyl (C=O) groups is 1. The van der Waals surface area contributed by atoms with Crippen molar-refractivity contribution in [3.05, 3.63) is 36.2 Å². The van der Waals surface area contributed by atoms with Crippen molar-refractivity contribution in [2.45, 2.75) is 0 Å². The number of carboxylic acids is 1. The van der Waals surface area contributed by atoms with E-state index in [1.54, 1.807) is 24.3 Å². The third-order valence-corrected chi connectivity index (χ3v) is 2.88. The fourth-order valence-electron chi connectivity index (χ4n) is 1.96. The molecule has 0 saturated carbocycles. The van der Waals surface area contributed by atoms with Gasteiger partial charge in [-0.3, -0.25) is 0 Å². The molecular weight excluding hydrogens is 248 g/mol. The lowest BCUT2D eigenvalue weighted by Crippen LogP contribution is -2.06. The molecule has 19 heavy (non-hydrogen) atoms. The van der Waals surface area contributed by atoms with Crippen molar-refractivity contribution in [1.82, 2.24) is 4.98 Å². The zero-order valence-corrected chi connectivity index (χ0v) is 9.79. The van der Waals surface area contributed by atoms with Crippen LogP contribution in [-0.4, -0.2) is 22.9 Å². The highest BCUT2D eigenvalue weighted by atomic mass is 16.7. The quantitative estimate of drug-likeness (QED) is 0.852. The van der Waals surface area contributed by atoms with Crippen molar-refractivity contribution in [3.63, 3.8) is 0 Å². The number of ether oxygens (including phenoxy) is 2. The molecule has 6 nitrogen and oxygen atoms in total. The molecule has 0 unspecified atom stereocenters. The van der Waals surface area contributed by atoms with E-state index in [1.165, 1.54) is 6.20 Å². The number of nitrogen functional groups attached to an aromatic ring is 1. The fourth-order valence-corrected chi connectivity index (χ4v) is 1.96. The first-order valence-electron chi connectivity index (χ1n) is 5.54. The predicted octanol–water partition coefficient (Wildman–Crippen LogP) is 1.76. The van der Waals surface area contributed by atoms with Crippen LogP contribution in [0.5, 0.6) is 11.5 Å². The Morgan fingerprint density at radius 3 is 2.84 bits per heavy atom. The minimum Gasteiger partial charge on any atom is -0.476 e. The van der Waals surface area contributed by atoms with Gasteiger partial charge in [0.15, 0.2) is 17.2 Å². The molecule has 2 aromatic rings. The van der Waals surface area contributed by atoms with E-state index < -0.39 is 5.97 Å². The van der Waals surface area contributed by atoms with E-state index in [2.05, 4.69) is 4.98 Å². The molecule has 0 aliphatic carbocycles. The number of nitrogens with two attached hydrogens (primary N) is 1. The molecule has 0 amide bonds. The summed E-state index contributed by atoms with van der Waals surface area (Å²) in [4.78, 5) is 14.8. The maximum absolute atomic E-state index is 11.0. The highest BCUT2D eigenvalue weighted by molar-refractivity contribution is 5.96. The van der Waals surface area contributed by atoms with Gasteiger partial charge in [0.25, 0.3) is 0 Å². The number of hydrogen-bond acceptors (Lipinski definition) is 5. The topological polar surface area (TPSA) is 94.7 Å². The van der Waals surface area contributed by atoms with Gasteiger partial charge in [0.2, 0.25) is 6.79 Å². The van der Waals surface area contributed by atoms with Crippen molar-refractivity contribution in [2.24, 2.45) is 0 Å². The van der Waals surface area contributed by atoms with E-state index in [9.17, 15) is 4.79 Å². The number of aromatic carboxylic acids is 1. The van der Waals surface area contributed by atoms with E-state index in [4.69, 9.17) is 20.3 Å². The molecular formula is C13H10N2O4. The second kappa shape index (κ2) is 4.16. The lowest BCUT2D eigenvalue weighted by Gasteiger charge is -2.08. The zero-order chi connectivity index (χ0) is 13.4. The van der Waals surface area contributed by atoms with E-state index in [1.807, 2.05) is 0 Å². The molecule has 1 aromatic carbocycles. The monoisotopic (exact) mass is 258 g/mol. The van der Waals surface area contributed by atoms with Gasteiger partial charge in [-0.25, -0.2) is 9.78 Å². The molecule has 1 aromatic heterocycles. The predicted molar refractivity (Wildman–Crippen MR) is 67.2 cm³/mol. The Kier molecular flexibility index (Phi) is 2.49. The zero-order valence-electron chi connectivity index (χ0n) is 9.79. The molecule has 2 heterocycles. The highest BCUT2D eigenvalue weighted by Crippen LogP contribution is 2.37. The number of benzene rings is 1. The number of nitrogens with zero attached hydrogens (tertiary/aromatic N) is 1. The van der Waals surface area contributed by atoms with Gasteiger partial charge >= 0.3 is 5.97 Å². The molecule has 1 aliphatic rings. The van der Waals surface area contributed by atoms with Crippen LogP contribution in [0, 0.1) is 0 Å². The maximum Gasteiger partial charge on any atom is 0.356 e. The molecule has 3 N–H and O–H groups in total. The number of anilines is 1. The Bertz CT molecular complexity index is 670. The molecule has 0 radical (unpaired) electrons.